The number of ether oxygens (including phenoxy) is 4. The molecule has 0 aliphatic carbocycles. The maximum atomic E-state index is 8.63. The molecule has 27 heavy (non-hydrogen) atoms. The monoisotopic (exact) mass is 392 g/mol. The van der Waals surface area contributed by atoms with E-state index in [4.69, 9.17) is 44.0 Å². The Bertz CT molecular complexity index is 360. The molecule has 0 aliphatic rings. The highest BCUT2D eigenvalue weighted by atomic mass is 17.2. The second kappa shape index (κ2) is 22.7. The van der Waals surface area contributed by atoms with Crippen LogP contribution in [0.5, 0.6) is 5.75 Å². The third-order valence-corrected chi connectivity index (χ3v) is 2.68. The summed E-state index contributed by atoms with van der Waals surface area (Å²) in [6, 6.07) is 8.71. The molecule has 1 aromatic carbocycles. The van der Waals surface area contributed by atoms with Gasteiger partial charge in [0, 0.05) is 0 Å². The van der Waals surface area contributed by atoms with Crippen molar-refractivity contribution in [1.29, 1.82) is 0 Å². The van der Waals surface area contributed by atoms with Crippen LogP contribution in [0.1, 0.15) is 0 Å². The lowest BCUT2D eigenvalue weighted by Crippen LogP contribution is -2.13. The highest BCUT2D eigenvalue weighted by Gasteiger charge is 1.93. The molecule has 0 fully saturated rings. The minimum Gasteiger partial charge on any atom is -0.508 e. The Labute approximate surface area is 160 Å². The number of aromatic hydroxyl groups is 1. The van der Waals surface area contributed by atoms with Crippen LogP contribution in [0.3, 0.4) is 0 Å². The summed E-state index contributed by atoms with van der Waals surface area (Å²) in [7, 11) is 0. The Morgan fingerprint density at radius 1 is 0.519 bits per heavy atom. The van der Waals surface area contributed by atoms with Crippen LogP contribution >= 0.6 is 0 Å². The predicted molar refractivity (Wildman–Crippen MR) is 97.5 cm³/mol. The van der Waals surface area contributed by atoms with Gasteiger partial charge in [-0.3, -0.25) is 0 Å². The largest absolute Gasteiger partial charge is 0.508 e. The molecule has 0 aromatic heterocycles. The lowest BCUT2D eigenvalue weighted by Gasteiger charge is -2.07. The van der Waals surface area contributed by atoms with Crippen LogP contribution in [0, 0.1) is 0 Å². The first-order chi connectivity index (χ1) is 13.3. The van der Waals surface area contributed by atoms with Gasteiger partial charge in [-0.1, -0.05) is 18.2 Å². The normalized spacial score (nSPS) is 10.4. The number of rotatable bonds is 17. The molecule has 0 spiro atoms. The second-order valence-electron chi connectivity index (χ2n) is 4.88. The van der Waals surface area contributed by atoms with E-state index in [1.165, 1.54) is 0 Å². The number of aliphatic hydroxyl groups excluding tert-OH is 2. The Morgan fingerprint density at radius 2 is 0.889 bits per heavy atom. The van der Waals surface area contributed by atoms with Gasteiger partial charge in [0.05, 0.1) is 66.1 Å². The Morgan fingerprint density at radius 3 is 1.22 bits per heavy atom. The van der Waals surface area contributed by atoms with E-state index in [0.29, 0.717) is 71.8 Å². The molecule has 0 aliphatic heterocycles. The summed E-state index contributed by atoms with van der Waals surface area (Å²) < 4.78 is 20.4. The van der Waals surface area contributed by atoms with Crippen LogP contribution in [0.15, 0.2) is 30.3 Å². The van der Waals surface area contributed by atoms with Crippen molar-refractivity contribution in [3.05, 3.63) is 30.3 Å². The van der Waals surface area contributed by atoms with E-state index < -0.39 is 0 Å². The fourth-order valence-corrected chi connectivity index (χ4v) is 1.50. The number of para-hydroxylation sites is 1. The first kappa shape index (κ1) is 25.7. The van der Waals surface area contributed by atoms with Crippen molar-refractivity contribution in [1.82, 2.24) is 0 Å². The Kier molecular flexibility index (Phi) is 21.6. The van der Waals surface area contributed by atoms with Crippen molar-refractivity contribution in [2.45, 2.75) is 0 Å². The summed E-state index contributed by atoms with van der Waals surface area (Å²) in [4.78, 5) is 9.71. The molecule has 1 aromatic rings. The number of phenols is 1. The third kappa shape index (κ3) is 22.7. The topological polar surface area (TPSA) is 116 Å². The lowest BCUT2D eigenvalue weighted by atomic mass is 10.3. The van der Waals surface area contributed by atoms with E-state index >= 15 is 0 Å². The molecule has 0 saturated heterocycles. The van der Waals surface area contributed by atoms with E-state index in [2.05, 4.69) is 0 Å². The summed E-state index contributed by atoms with van der Waals surface area (Å²) in [5.41, 5.74) is 0. The fraction of sp³-hybridized carbons (Fsp3) is 0.667. The number of phenolic OH excluding ortho intramolecular Hbond substituents is 1. The number of benzene rings is 1. The van der Waals surface area contributed by atoms with Gasteiger partial charge in [0.15, 0.2) is 0 Å². The van der Waals surface area contributed by atoms with Gasteiger partial charge in [-0.2, -0.15) is 0 Å². The predicted octanol–water partition coefficient (Wildman–Crippen LogP) is 0.378. The smallest absolute Gasteiger partial charge is 0.115 e. The van der Waals surface area contributed by atoms with E-state index in [1.54, 1.807) is 24.3 Å². The SMILES string of the molecule is OCCOCCOCCOOCCOCCOCCO.Oc1ccccc1. The summed E-state index contributed by atoms with van der Waals surface area (Å²) >= 11 is 0. The zero-order chi connectivity index (χ0) is 19.8. The van der Waals surface area contributed by atoms with Gasteiger partial charge in [-0.25, -0.2) is 9.78 Å². The molecule has 0 heterocycles. The first-order valence-electron chi connectivity index (χ1n) is 8.82. The summed E-state index contributed by atoms with van der Waals surface area (Å²) in [5, 5.41) is 25.5. The fourth-order valence-electron chi connectivity index (χ4n) is 1.50. The number of hydrogen-bond donors (Lipinski definition) is 3. The summed E-state index contributed by atoms with van der Waals surface area (Å²) in [5.74, 6) is 0.322. The molecule has 3 N–H and O–H groups in total. The van der Waals surface area contributed by atoms with Crippen LogP contribution in [0.25, 0.3) is 0 Å². The average Bonchev–Trinajstić information content (AvgIpc) is 2.69. The van der Waals surface area contributed by atoms with Crippen molar-refractivity contribution >= 4 is 0 Å². The van der Waals surface area contributed by atoms with E-state index in [1.807, 2.05) is 6.07 Å². The second-order valence-corrected chi connectivity index (χ2v) is 4.88. The van der Waals surface area contributed by atoms with Gasteiger partial charge >= 0.3 is 0 Å². The standard InChI is InChI=1S/C12H26O8.C6H6O/c13-1-3-15-5-7-17-9-11-19-20-12-10-18-8-6-16-4-2-14;7-6-4-2-1-3-5-6/h13-14H,1-12H2;1-5,7H. The summed E-state index contributed by atoms with van der Waals surface area (Å²) in [6.45, 7) is 4.01. The van der Waals surface area contributed by atoms with Crippen LogP contribution in [0.2, 0.25) is 0 Å². The highest BCUT2D eigenvalue weighted by Crippen LogP contribution is 2.02. The van der Waals surface area contributed by atoms with Gasteiger partial charge in [-0.15, -0.1) is 0 Å². The van der Waals surface area contributed by atoms with Gasteiger partial charge in [0.25, 0.3) is 0 Å². The molecule has 0 unspecified atom stereocenters. The maximum Gasteiger partial charge on any atom is 0.115 e. The molecule has 0 amide bonds. The van der Waals surface area contributed by atoms with Gasteiger partial charge < -0.3 is 34.3 Å². The molecular weight excluding hydrogens is 360 g/mol. The molecule has 0 atom stereocenters. The van der Waals surface area contributed by atoms with Crippen LogP contribution in [-0.2, 0) is 28.7 Å². The third-order valence-electron chi connectivity index (χ3n) is 2.68. The zero-order valence-electron chi connectivity index (χ0n) is 15.7. The van der Waals surface area contributed by atoms with Crippen molar-refractivity contribution in [3.8, 4) is 5.75 Å². The molecular formula is C18H32O9. The number of aliphatic hydroxyl groups is 2. The van der Waals surface area contributed by atoms with Crippen molar-refractivity contribution in [3.63, 3.8) is 0 Å². The Balaban J connectivity index is 0.000000797. The quantitative estimate of drug-likeness (QED) is 0.196. The van der Waals surface area contributed by atoms with Gasteiger partial charge in [0.1, 0.15) is 19.0 Å². The summed E-state index contributed by atoms with van der Waals surface area (Å²) in [6.07, 6.45) is 0. The minimum atomic E-state index is 0.0204. The van der Waals surface area contributed by atoms with Crippen LogP contribution in [-0.4, -0.2) is 94.6 Å². The zero-order valence-corrected chi connectivity index (χ0v) is 15.7. The molecule has 9 nitrogen and oxygen atoms in total. The van der Waals surface area contributed by atoms with E-state index in [9.17, 15) is 0 Å². The Hall–Kier alpha value is -1.30. The van der Waals surface area contributed by atoms with Crippen LogP contribution in [0.4, 0.5) is 0 Å². The van der Waals surface area contributed by atoms with Gasteiger partial charge in [-0.05, 0) is 12.1 Å². The van der Waals surface area contributed by atoms with Gasteiger partial charge in [0.2, 0.25) is 0 Å². The lowest BCUT2D eigenvalue weighted by molar-refractivity contribution is -0.303. The number of hydrogen-bond acceptors (Lipinski definition) is 9. The van der Waals surface area contributed by atoms with Crippen molar-refractivity contribution < 1.29 is 44.0 Å². The minimum absolute atomic E-state index is 0.0204. The van der Waals surface area contributed by atoms with E-state index in [-0.39, 0.29) is 13.2 Å². The first-order valence-corrected chi connectivity index (χ1v) is 8.82. The maximum absolute atomic E-state index is 8.63. The molecule has 0 saturated carbocycles. The molecule has 158 valence electrons. The molecule has 0 bridgehead atoms. The average molecular weight is 392 g/mol. The molecule has 1 rings (SSSR count). The molecule has 0 radical (unpaired) electrons. The highest BCUT2D eigenvalue weighted by molar-refractivity contribution is 5.18. The van der Waals surface area contributed by atoms with Crippen LogP contribution < -0.4 is 0 Å². The van der Waals surface area contributed by atoms with E-state index in [0.717, 1.165) is 0 Å². The van der Waals surface area contributed by atoms with Crippen molar-refractivity contribution in [2.24, 2.45) is 0 Å². The molecule has 9 heteroatoms. The van der Waals surface area contributed by atoms with Crippen molar-refractivity contribution in [2.75, 3.05) is 79.3 Å².